The molecule has 1 nitrogen and oxygen atoms in total. The minimum atomic E-state index is -4.20. The van der Waals surface area contributed by atoms with Crippen LogP contribution < -0.4 is 4.74 Å². The second kappa shape index (κ2) is 13.3. The Labute approximate surface area is 227 Å². The van der Waals surface area contributed by atoms with Gasteiger partial charge in [-0.1, -0.05) is 50.8 Å². The Hall–Kier alpha value is -2.44. The third-order valence-corrected chi connectivity index (χ3v) is 8.52. The summed E-state index contributed by atoms with van der Waals surface area (Å²) >= 11 is 0. The molecule has 0 bridgehead atoms. The summed E-state index contributed by atoms with van der Waals surface area (Å²) in [5, 5.41) is 0. The van der Waals surface area contributed by atoms with E-state index >= 15 is 0 Å². The first kappa shape index (κ1) is 29.5. The first-order chi connectivity index (χ1) is 18.7. The quantitative estimate of drug-likeness (QED) is 0.123. The lowest BCUT2D eigenvalue weighted by Gasteiger charge is -2.29. The maximum absolute atomic E-state index is 14.8. The molecule has 0 amide bonds. The molecule has 0 atom stereocenters. The molecule has 39 heavy (non-hydrogen) atoms. The van der Waals surface area contributed by atoms with Crippen LogP contribution in [0.3, 0.4) is 0 Å². The smallest absolute Gasteiger partial charge is 0.429 e. The van der Waals surface area contributed by atoms with Gasteiger partial charge in [0.2, 0.25) is 0 Å². The summed E-state index contributed by atoms with van der Waals surface area (Å²) < 4.78 is 88.2. The van der Waals surface area contributed by atoms with Crippen LogP contribution in [0.5, 0.6) is 5.75 Å². The average molecular weight is 553 g/mol. The Bertz CT molecular complexity index is 1090. The van der Waals surface area contributed by atoms with Gasteiger partial charge in [-0.25, -0.2) is 17.6 Å². The summed E-state index contributed by atoms with van der Waals surface area (Å²) in [6, 6.07) is 4.10. The predicted octanol–water partition coefficient (Wildman–Crippen LogP) is 10.6. The highest BCUT2D eigenvalue weighted by Gasteiger charge is 2.38. The van der Waals surface area contributed by atoms with Crippen molar-refractivity contribution in [2.75, 3.05) is 0 Å². The average Bonchev–Trinajstić information content (AvgIpc) is 2.91. The van der Waals surface area contributed by atoms with Gasteiger partial charge in [-0.3, -0.25) is 0 Å². The standard InChI is InChI=1S/C32H38F6O/c1-2-3-4-5-21-6-8-22(9-7-21)10-11-23-12-14-24(15-13-23)25-16-17-27(28(33)18-25)32(37,38)39-26-19-29(34)31(36)30(35)20-26/h10-11,16-24H,2-9,12-15H2,1H3/b11-10+. The Morgan fingerprint density at radius 1 is 0.769 bits per heavy atom. The number of rotatable bonds is 10. The number of hydrogen-bond acceptors (Lipinski definition) is 1. The zero-order valence-corrected chi connectivity index (χ0v) is 22.5. The fourth-order valence-electron chi connectivity index (χ4n) is 6.13. The maximum atomic E-state index is 14.8. The fraction of sp³-hybridized carbons (Fsp3) is 0.562. The van der Waals surface area contributed by atoms with Crippen molar-refractivity contribution in [2.45, 2.75) is 96.0 Å². The molecular weight excluding hydrogens is 514 g/mol. The molecule has 0 heterocycles. The van der Waals surface area contributed by atoms with Crippen molar-refractivity contribution in [3.8, 4) is 5.75 Å². The summed E-state index contributed by atoms with van der Waals surface area (Å²) in [4.78, 5) is 0. The first-order valence-corrected chi connectivity index (χ1v) is 14.4. The summed E-state index contributed by atoms with van der Waals surface area (Å²) in [7, 11) is 0. The Morgan fingerprint density at radius 3 is 1.92 bits per heavy atom. The Morgan fingerprint density at radius 2 is 1.36 bits per heavy atom. The highest BCUT2D eigenvalue weighted by Crippen LogP contribution is 2.40. The van der Waals surface area contributed by atoms with Crippen molar-refractivity contribution in [2.24, 2.45) is 17.8 Å². The Kier molecular flexibility index (Phi) is 10.1. The molecule has 4 rings (SSSR count). The molecule has 0 radical (unpaired) electrons. The van der Waals surface area contributed by atoms with Crippen molar-refractivity contribution in [3.63, 3.8) is 0 Å². The van der Waals surface area contributed by atoms with Gasteiger partial charge in [0.05, 0.1) is 5.56 Å². The molecule has 2 saturated carbocycles. The van der Waals surface area contributed by atoms with E-state index in [9.17, 15) is 26.3 Å². The largest absolute Gasteiger partial charge is 0.429 e. The van der Waals surface area contributed by atoms with Gasteiger partial charge in [-0.2, -0.15) is 8.78 Å². The van der Waals surface area contributed by atoms with E-state index in [-0.39, 0.29) is 5.92 Å². The van der Waals surface area contributed by atoms with E-state index in [1.165, 1.54) is 57.4 Å². The summed E-state index contributed by atoms with van der Waals surface area (Å²) in [6.45, 7) is 2.25. The molecule has 0 aliphatic heterocycles. The van der Waals surface area contributed by atoms with E-state index in [1.54, 1.807) is 0 Å². The van der Waals surface area contributed by atoms with Crippen LogP contribution in [0, 0.1) is 41.0 Å². The van der Waals surface area contributed by atoms with Gasteiger partial charge in [0.1, 0.15) is 11.6 Å². The van der Waals surface area contributed by atoms with Crippen molar-refractivity contribution in [1.29, 1.82) is 0 Å². The summed E-state index contributed by atoms with van der Waals surface area (Å²) in [5.41, 5.74) is -0.400. The van der Waals surface area contributed by atoms with E-state index in [0.29, 0.717) is 29.5 Å². The second-order valence-corrected chi connectivity index (χ2v) is 11.3. The number of benzene rings is 2. The van der Waals surface area contributed by atoms with Crippen LogP contribution >= 0.6 is 0 Å². The number of unbranched alkanes of at least 4 members (excludes halogenated alkanes) is 2. The van der Waals surface area contributed by atoms with Gasteiger partial charge in [-0.05, 0) is 92.7 Å². The minimum Gasteiger partial charge on any atom is -0.429 e. The molecule has 2 aromatic carbocycles. The normalized spacial score (nSPS) is 24.3. The van der Waals surface area contributed by atoms with E-state index in [1.807, 2.05) is 0 Å². The number of halogens is 6. The third-order valence-electron chi connectivity index (χ3n) is 8.52. The van der Waals surface area contributed by atoms with Crippen LogP contribution in [0.25, 0.3) is 0 Å². The predicted molar refractivity (Wildman–Crippen MR) is 141 cm³/mol. The number of hydrogen-bond donors (Lipinski definition) is 0. The molecule has 2 aromatic rings. The van der Waals surface area contributed by atoms with E-state index < -0.39 is 40.7 Å². The van der Waals surface area contributed by atoms with Gasteiger partial charge < -0.3 is 4.74 Å². The zero-order valence-electron chi connectivity index (χ0n) is 22.5. The lowest BCUT2D eigenvalue weighted by atomic mass is 9.76. The molecule has 2 aliphatic carbocycles. The van der Waals surface area contributed by atoms with Gasteiger partial charge in [0.25, 0.3) is 0 Å². The molecule has 0 saturated heterocycles. The van der Waals surface area contributed by atoms with Crippen LogP contribution in [0.4, 0.5) is 26.3 Å². The molecule has 214 valence electrons. The van der Waals surface area contributed by atoms with Gasteiger partial charge >= 0.3 is 6.11 Å². The Balaban J connectivity index is 1.28. The molecule has 7 heteroatoms. The molecule has 0 aromatic heterocycles. The lowest BCUT2D eigenvalue weighted by molar-refractivity contribution is -0.187. The van der Waals surface area contributed by atoms with Crippen LogP contribution in [-0.2, 0) is 6.11 Å². The monoisotopic (exact) mass is 552 g/mol. The van der Waals surface area contributed by atoms with Crippen LogP contribution in [-0.4, -0.2) is 0 Å². The van der Waals surface area contributed by atoms with Gasteiger partial charge in [0, 0.05) is 12.1 Å². The van der Waals surface area contributed by atoms with Gasteiger partial charge in [0.15, 0.2) is 17.5 Å². The molecule has 2 fully saturated rings. The van der Waals surface area contributed by atoms with Crippen LogP contribution in [0.1, 0.15) is 101 Å². The van der Waals surface area contributed by atoms with Gasteiger partial charge in [-0.15, -0.1) is 0 Å². The number of ether oxygens (including phenoxy) is 1. The molecule has 2 aliphatic rings. The topological polar surface area (TPSA) is 9.23 Å². The van der Waals surface area contributed by atoms with E-state index in [2.05, 4.69) is 23.8 Å². The number of alkyl halides is 2. The highest BCUT2D eigenvalue weighted by atomic mass is 19.3. The second-order valence-electron chi connectivity index (χ2n) is 11.3. The summed E-state index contributed by atoms with van der Waals surface area (Å²) in [5.74, 6) is -5.12. The lowest BCUT2D eigenvalue weighted by Crippen LogP contribution is -2.24. The fourth-order valence-corrected chi connectivity index (χ4v) is 6.13. The van der Waals surface area contributed by atoms with Crippen molar-refractivity contribution < 1.29 is 31.1 Å². The van der Waals surface area contributed by atoms with E-state index in [0.717, 1.165) is 43.7 Å². The zero-order chi connectivity index (χ0) is 28.0. The van der Waals surface area contributed by atoms with E-state index in [4.69, 9.17) is 0 Å². The molecule has 0 unspecified atom stereocenters. The highest BCUT2D eigenvalue weighted by molar-refractivity contribution is 5.31. The minimum absolute atomic E-state index is 0.0755. The maximum Gasteiger partial charge on any atom is 0.429 e. The summed E-state index contributed by atoms with van der Waals surface area (Å²) in [6.07, 6.45) is 14.7. The van der Waals surface area contributed by atoms with Crippen LogP contribution in [0.2, 0.25) is 0 Å². The van der Waals surface area contributed by atoms with Crippen molar-refractivity contribution in [3.05, 3.63) is 76.9 Å². The van der Waals surface area contributed by atoms with Crippen LogP contribution in [0.15, 0.2) is 42.5 Å². The first-order valence-electron chi connectivity index (χ1n) is 14.4. The third kappa shape index (κ3) is 7.82. The SMILES string of the molecule is CCCCCC1CCC(/C=C/C2CCC(c3ccc(C(F)(F)Oc4cc(F)c(F)c(F)c4)c(F)c3)CC2)CC1. The van der Waals surface area contributed by atoms with Crippen molar-refractivity contribution >= 4 is 0 Å². The molecular formula is C32H38F6O. The number of allylic oxidation sites excluding steroid dienone is 2. The van der Waals surface area contributed by atoms with Crippen molar-refractivity contribution in [1.82, 2.24) is 0 Å². The molecule has 0 spiro atoms. The molecule has 0 N–H and O–H groups in total.